The van der Waals surface area contributed by atoms with Crippen molar-refractivity contribution in [1.82, 2.24) is 15.5 Å². The first-order valence-corrected chi connectivity index (χ1v) is 9.33. The van der Waals surface area contributed by atoms with E-state index in [1.807, 2.05) is 36.1 Å². The zero-order valence-corrected chi connectivity index (χ0v) is 15.3. The van der Waals surface area contributed by atoms with Crippen LogP contribution >= 0.6 is 0 Å². The number of aryl methyl sites for hydroxylation is 1. The number of carbonyl (C=O) groups is 2. The fourth-order valence-corrected chi connectivity index (χ4v) is 3.43. The van der Waals surface area contributed by atoms with Gasteiger partial charge in [0, 0.05) is 31.9 Å². The molecule has 0 aromatic heterocycles. The summed E-state index contributed by atoms with van der Waals surface area (Å²) in [5, 5.41) is 8.98. The van der Waals surface area contributed by atoms with E-state index < -0.39 is 0 Å². The van der Waals surface area contributed by atoms with Gasteiger partial charge in [-0.05, 0) is 37.8 Å². The Balaban J connectivity index is 1.43. The molecule has 1 aromatic carbocycles. The predicted molar refractivity (Wildman–Crippen MR) is 100 cm³/mol. The van der Waals surface area contributed by atoms with Crippen LogP contribution in [0.5, 0.6) is 0 Å². The van der Waals surface area contributed by atoms with Crippen LogP contribution in [-0.2, 0) is 9.53 Å². The van der Waals surface area contributed by atoms with Gasteiger partial charge in [-0.25, -0.2) is 4.79 Å². The lowest BCUT2D eigenvalue weighted by Crippen LogP contribution is -2.55. The van der Waals surface area contributed by atoms with Crippen molar-refractivity contribution in [2.45, 2.75) is 25.8 Å². The number of rotatable bonds is 4. The van der Waals surface area contributed by atoms with Crippen LogP contribution in [0.4, 0.5) is 10.5 Å². The Bertz CT molecular complexity index is 614. The third kappa shape index (κ3) is 5.19. The number of benzene rings is 1. The monoisotopic (exact) mass is 360 g/mol. The van der Waals surface area contributed by atoms with E-state index in [-0.39, 0.29) is 23.9 Å². The van der Waals surface area contributed by atoms with Gasteiger partial charge in [0.25, 0.3) is 0 Å². The van der Waals surface area contributed by atoms with E-state index in [1.165, 1.54) is 0 Å². The van der Waals surface area contributed by atoms with Gasteiger partial charge in [-0.15, -0.1) is 0 Å². The average molecular weight is 360 g/mol. The number of hydrogen-bond donors (Lipinski definition) is 3. The topological polar surface area (TPSA) is 82.7 Å². The van der Waals surface area contributed by atoms with Crippen LogP contribution < -0.4 is 16.0 Å². The molecule has 142 valence electrons. The number of likely N-dealkylation sites (tertiary alicyclic amines) is 1. The average Bonchev–Trinajstić information content (AvgIpc) is 2.68. The number of anilines is 1. The second kappa shape index (κ2) is 9.00. The Labute approximate surface area is 154 Å². The van der Waals surface area contributed by atoms with Crippen LogP contribution in [0.25, 0.3) is 0 Å². The number of nitrogens with zero attached hydrogens (tertiary/aromatic N) is 1. The first-order valence-electron chi connectivity index (χ1n) is 9.33. The molecule has 7 heteroatoms. The van der Waals surface area contributed by atoms with E-state index in [2.05, 4.69) is 16.0 Å². The van der Waals surface area contributed by atoms with Gasteiger partial charge in [0.15, 0.2) is 0 Å². The molecule has 0 bridgehead atoms. The summed E-state index contributed by atoms with van der Waals surface area (Å²) in [5.41, 5.74) is 1.93. The Kier molecular flexibility index (Phi) is 6.46. The Hall–Kier alpha value is -2.12. The number of nitrogens with one attached hydrogen (secondary N) is 3. The van der Waals surface area contributed by atoms with Crippen molar-refractivity contribution in [2.24, 2.45) is 5.92 Å². The van der Waals surface area contributed by atoms with Gasteiger partial charge in [0.1, 0.15) is 6.04 Å². The summed E-state index contributed by atoms with van der Waals surface area (Å²) in [6, 6.07) is 7.25. The molecule has 26 heavy (non-hydrogen) atoms. The second-order valence-corrected chi connectivity index (χ2v) is 7.08. The molecule has 0 saturated carbocycles. The Morgan fingerprint density at radius 3 is 2.85 bits per heavy atom. The molecular formula is C19H28N4O3. The summed E-state index contributed by atoms with van der Waals surface area (Å²) in [6.45, 7) is 5.86. The van der Waals surface area contributed by atoms with Crippen molar-refractivity contribution in [1.29, 1.82) is 0 Å². The second-order valence-electron chi connectivity index (χ2n) is 7.08. The molecule has 0 spiro atoms. The van der Waals surface area contributed by atoms with Gasteiger partial charge >= 0.3 is 6.03 Å². The van der Waals surface area contributed by atoms with Crippen molar-refractivity contribution in [3.8, 4) is 0 Å². The van der Waals surface area contributed by atoms with Crippen molar-refractivity contribution >= 4 is 17.6 Å². The summed E-state index contributed by atoms with van der Waals surface area (Å²) in [7, 11) is 0. The van der Waals surface area contributed by atoms with Crippen molar-refractivity contribution in [3.05, 3.63) is 29.8 Å². The molecule has 2 aliphatic heterocycles. The Morgan fingerprint density at radius 2 is 2.12 bits per heavy atom. The maximum Gasteiger partial charge on any atom is 0.319 e. The van der Waals surface area contributed by atoms with Crippen LogP contribution in [0.15, 0.2) is 24.3 Å². The smallest absolute Gasteiger partial charge is 0.319 e. The van der Waals surface area contributed by atoms with Crippen LogP contribution in [-0.4, -0.2) is 62.3 Å². The molecule has 3 amide bonds. The van der Waals surface area contributed by atoms with Gasteiger partial charge in [0.05, 0.1) is 13.2 Å². The Morgan fingerprint density at radius 1 is 1.31 bits per heavy atom. The van der Waals surface area contributed by atoms with E-state index in [1.54, 1.807) is 0 Å². The first-order chi connectivity index (χ1) is 12.6. The number of hydrogen-bond acceptors (Lipinski definition) is 4. The number of urea groups is 1. The number of carbonyl (C=O) groups excluding carboxylic acids is 2. The molecule has 2 saturated heterocycles. The lowest BCUT2D eigenvalue weighted by atomic mass is 9.97. The largest absolute Gasteiger partial charge is 0.378 e. The third-order valence-electron chi connectivity index (χ3n) is 4.91. The zero-order valence-electron chi connectivity index (χ0n) is 15.3. The molecule has 2 fully saturated rings. The summed E-state index contributed by atoms with van der Waals surface area (Å²) in [6.07, 6.45) is 1.98. The molecule has 0 aliphatic carbocycles. The minimum Gasteiger partial charge on any atom is -0.378 e. The van der Waals surface area contributed by atoms with Crippen molar-refractivity contribution < 1.29 is 14.3 Å². The lowest BCUT2D eigenvalue weighted by molar-refractivity contribution is -0.138. The highest BCUT2D eigenvalue weighted by atomic mass is 16.5. The first kappa shape index (κ1) is 18.7. The molecule has 2 aliphatic rings. The van der Waals surface area contributed by atoms with Crippen LogP contribution in [0.3, 0.4) is 0 Å². The highest BCUT2D eigenvalue weighted by Crippen LogP contribution is 2.17. The maximum absolute atomic E-state index is 12.6. The summed E-state index contributed by atoms with van der Waals surface area (Å²) < 4.78 is 5.39. The highest BCUT2D eigenvalue weighted by Gasteiger charge is 2.30. The minimum absolute atomic E-state index is 0.110. The van der Waals surface area contributed by atoms with Gasteiger partial charge in [-0.3, -0.25) is 4.79 Å². The SMILES string of the molecule is Cc1ccc(NC(=O)NCC2CCCN(C(=O)C3COCCN3)C2)cc1. The molecular weight excluding hydrogens is 332 g/mol. The van der Waals surface area contributed by atoms with Crippen LogP contribution in [0.2, 0.25) is 0 Å². The maximum atomic E-state index is 12.6. The minimum atomic E-state index is -0.236. The summed E-state index contributed by atoms with van der Waals surface area (Å²) in [5.74, 6) is 0.388. The van der Waals surface area contributed by atoms with E-state index in [4.69, 9.17) is 4.74 Å². The highest BCUT2D eigenvalue weighted by molar-refractivity contribution is 5.89. The number of amides is 3. The molecule has 3 rings (SSSR count). The summed E-state index contributed by atoms with van der Waals surface area (Å²) >= 11 is 0. The number of ether oxygens (including phenoxy) is 1. The van der Waals surface area contributed by atoms with Gasteiger partial charge < -0.3 is 25.6 Å². The van der Waals surface area contributed by atoms with Crippen LogP contribution in [0.1, 0.15) is 18.4 Å². The molecule has 2 heterocycles. The zero-order chi connectivity index (χ0) is 18.4. The molecule has 3 N–H and O–H groups in total. The lowest BCUT2D eigenvalue weighted by Gasteiger charge is -2.36. The fourth-order valence-electron chi connectivity index (χ4n) is 3.43. The van der Waals surface area contributed by atoms with Crippen LogP contribution in [0, 0.1) is 12.8 Å². The van der Waals surface area contributed by atoms with E-state index in [0.29, 0.717) is 32.8 Å². The standard InChI is InChI=1S/C19H28N4O3/c1-14-4-6-16(7-5-14)22-19(25)21-11-15-3-2-9-23(12-15)18(24)17-13-26-10-8-20-17/h4-7,15,17,20H,2-3,8-13H2,1H3,(H2,21,22,25). The van der Waals surface area contributed by atoms with E-state index >= 15 is 0 Å². The van der Waals surface area contributed by atoms with E-state index in [9.17, 15) is 9.59 Å². The number of piperidine rings is 1. The molecule has 2 unspecified atom stereocenters. The predicted octanol–water partition coefficient (Wildman–Crippen LogP) is 1.34. The van der Waals surface area contributed by atoms with E-state index in [0.717, 1.165) is 30.6 Å². The molecule has 1 aromatic rings. The fraction of sp³-hybridized carbons (Fsp3) is 0.579. The van der Waals surface area contributed by atoms with Gasteiger partial charge in [-0.2, -0.15) is 0 Å². The van der Waals surface area contributed by atoms with Gasteiger partial charge in [0.2, 0.25) is 5.91 Å². The number of morpholine rings is 1. The van der Waals surface area contributed by atoms with Crippen molar-refractivity contribution in [2.75, 3.05) is 44.7 Å². The van der Waals surface area contributed by atoms with Gasteiger partial charge in [-0.1, -0.05) is 17.7 Å². The normalized spacial score (nSPS) is 23.3. The third-order valence-corrected chi connectivity index (χ3v) is 4.91. The molecule has 0 radical (unpaired) electrons. The molecule has 2 atom stereocenters. The quantitative estimate of drug-likeness (QED) is 0.757. The molecule has 7 nitrogen and oxygen atoms in total. The van der Waals surface area contributed by atoms with Crippen molar-refractivity contribution in [3.63, 3.8) is 0 Å². The summed E-state index contributed by atoms with van der Waals surface area (Å²) in [4.78, 5) is 26.6.